The minimum atomic E-state index is -0.292. The molecule has 116 valence electrons. The van der Waals surface area contributed by atoms with Gasteiger partial charge in [0.25, 0.3) is 5.91 Å². The van der Waals surface area contributed by atoms with E-state index in [2.05, 4.69) is 0 Å². The molecule has 0 saturated heterocycles. The van der Waals surface area contributed by atoms with E-state index in [4.69, 9.17) is 16.3 Å². The van der Waals surface area contributed by atoms with Crippen molar-refractivity contribution in [2.75, 3.05) is 13.7 Å². The number of halogens is 2. The van der Waals surface area contributed by atoms with Crippen molar-refractivity contribution in [3.05, 3.63) is 64.4 Å². The summed E-state index contributed by atoms with van der Waals surface area (Å²) in [6, 6.07) is 11.3. The number of carbonyl (C=O) groups is 1. The second-order valence-electron chi connectivity index (χ2n) is 5.08. The normalized spacial score (nSPS) is 10.4. The molecule has 0 bridgehead atoms. The van der Waals surface area contributed by atoms with Crippen LogP contribution in [0.2, 0.25) is 5.02 Å². The molecule has 5 heteroatoms. The van der Waals surface area contributed by atoms with Crippen LogP contribution in [0.3, 0.4) is 0 Å². The van der Waals surface area contributed by atoms with Crippen molar-refractivity contribution in [3.8, 4) is 5.75 Å². The second kappa shape index (κ2) is 7.27. The van der Waals surface area contributed by atoms with Gasteiger partial charge in [-0.25, -0.2) is 4.39 Å². The lowest BCUT2D eigenvalue weighted by molar-refractivity contribution is -0.132. The quantitative estimate of drug-likeness (QED) is 0.837. The maximum absolute atomic E-state index is 12.8. The Hall–Kier alpha value is -2.07. The van der Waals surface area contributed by atoms with Gasteiger partial charge in [-0.05, 0) is 48.4 Å². The van der Waals surface area contributed by atoms with Crippen LogP contribution in [0, 0.1) is 12.7 Å². The van der Waals surface area contributed by atoms with Crippen LogP contribution in [0.25, 0.3) is 0 Å². The third kappa shape index (κ3) is 4.46. The van der Waals surface area contributed by atoms with Gasteiger partial charge < -0.3 is 9.64 Å². The molecular weight excluding hydrogens is 305 g/mol. The van der Waals surface area contributed by atoms with Crippen LogP contribution < -0.4 is 4.74 Å². The average Bonchev–Trinajstić information content (AvgIpc) is 2.50. The molecule has 2 rings (SSSR count). The number of amides is 1. The molecule has 0 unspecified atom stereocenters. The SMILES string of the molecule is Cc1cc(OCC(=O)N(C)Cc2ccc(F)cc2)ccc1Cl. The van der Waals surface area contributed by atoms with Crippen LogP contribution in [0.4, 0.5) is 4.39 Å². The van der Waals surface area contributed by atoms with Crippen molar-refractivity contribution in [3.63, 3.8) is 0 Å². The minimum absolute atomic E-state index is 0.0568. The number of aryl methyl sites for hydroxylation is 1. The monoisotopic (exact) mass is 321 g/mol. The molecule has 2 aromatic carbocycles. The van der Waals surface area contributed by atoms with Crippen molar-refractivity contribution < 1.29 is 13.9 Å². The summed E-state index contributed by atoms with van der Waals surface area (Å²) >= 11 is 5.94. The van der Waals surface area contributed by atoms with Crippen LogP contribution in [0.5, 0.6) is 5.75 Å². The van der Waals surface area contributed by atoms with Gasteiger partial charge in [-0.15, -0.1) is 0 Å². The summed E-state index contributed by atoms with van der Waals surface area (Å²) in [4.78, 5) is 13.6. The zero-order valence-corrected chi connectivity index (χ0v) is 13.2. The summed E-state index contributed by atoms with van der Waals surface area (Å²) in [6.45, 7) is 2.22. The van der Waals surface area contributed by atoms with Gasteiger partial charge in [0, 0.05) is 18.6 Å². The molecule has 0 spiro atoms. The maximum Gasteiger partial charge on any atom is 0.260 e. The fourth-order valence-corrected chi connectivity index (χ4v) is 2.03. The molecule has 0 aliphatic rings. The first-order chi connectivity index (χ1) is 10.5. The summed E-state index contributed by atoms with van der Waals surface area (Å²) in [7, 11) is 1.68. The van der Waals surface area contributed by atoms with Crippen molar-refractivity contribution >= 4 is 17.5 Å². The highest BCUT2D eigenvalue weighted by molar-refractivity contribution is 6.31. The highest BCUT2D eigenvalue weighted by Gasteiger charge is 2.10. The maximum atomic E-state index is 12.8. The van der Waals surface area contributed by atoms with E-state index in [0.29, 0.717) is 17.3 Å². The molecule has 0 saturated carbocycles. The summed E-state index contributed by atoms with van der Waals surface area (Å²) in [5.41, 5.74) is 1.76. The van der Waals surface area contributed by atoms with Crippen LogP contribution in [-0.2, 0) is 11.3 Å². The van der Waals surface area contributed by atoms with Gasteiger partial charge in [0.2, 0.25) is 0 Å². The van der Waals surface area contributed by atoms with Gasteiger partial charge in [-0.3, -0.25) is 4.79 Å². The molecule has 0 aliphatic carbocycles. The summed E-state index contributed by atoms with van der Waals surface area (Å²) < 4.78 is 18.3. The molecule has 0 heterocycles. The fraction of sp³-hybridized carbons (Fsp3) is 0.235. The molecule has 0 aliphatic heterocycles. The van der Waals surface area contributed by atoms with Crippen LogP contribution in [0.15, 0.2) is 42.5 Å². The van der Waals surface area contributed by atoms with Crippen LogP contribution in [-0.4, -0.2) is 24.5 Å². The van der Waals surface area contributed by atoms with Gasteiger partial charge in [0.1, 0.15) is 11.6 Å². The topological polar surface area (TPSA) is 29.5 Å². The van der Waals surface area contributed by atoms with Gasteiger partial charge in [0.15, 0.2) is 6.61 Å². The minimum Gasteiger partial charge on any atom is -0.484 e. The fourth-order valence-electron chi connectivity index (χ4n) is 1.91. The Morgan fingerprint density at radius 1 is 1.23 bits per heavy atom. The number of ether oxygens (including phenoxy) is 1. The molecule has 0 N–H and O–H groups in total. The summed E-state index contributed by atoms with van der Waals surface area (Å²) in [5.74, 6) is 0.154. The van der Waals surface area contributed by atoms with E-state index < -0.39 is 0 Å². The molecule has 22 heavy (non-hydrogen) atoms. The van der Waals surface area contributed by atoms with Gasteiger partial charge in [0.05, 0.1) is 0 Å². The number of carbonyl (C=O) groups excluding carboxylic acids is 1. The molecule has 2 aromatic rings. The summed E-state index contributed by atoms with van der Waals surface area (Å²) in [6.07, 6.45) is 0. The summed E-state index contributed by atoms with van der Waals surface area (Å²) in [5, 5.41) is 0.659. The number of nitrogens with zero attached hydrogens (tertiary/aromatic N) is 1. The van der Waals surface area contributed by atoms with Crippen molar-refractivity contribution in [2.45, 2.75) is 13.5 Å². The van der Waals surface area contributed by atoms with Crippen LogP contribution in [0.1, 0.15) is 11.1 Å². The Morgan fingerprint density at radius 3 is 2.55 bits per heavy atom. The molecule has 3 nitrogen and oxygen atoms in total. The highest BCUT2D eigenvalue weighted by atomic mass is 35.5. The average molecular weight is 322 g/mol. The van der Waals surface area contributed by atoms with E-state index in [9.17, 15) is 9.18 Å². The standard InChI is InChI=1S/C17H17ClFNO2/c1-12-9-15(7-8-16(12)18)22-11-17(21)20(2)10-13-3-5-14(19)6-4-13/h3-9H,10-11H2,1-2H3. The largest absolute Gasteiger partial charge is 0.484 e. The first-order valence-electron chi connectivity index (χ1n) is 6.83. The lowest BCUT2D eigenvalue weighted by Gasteiger charge is -2.17. The van der Waals surface area contributed by atoms with Crippen molar-refractivity contribution in [1.29, 1.82) is 0 Å². The molecular formula is C17H17ClFNO2. The van der Waals surface area contributed by atoms with E-state index in [-0.39, 0.29) is 18.3 Å². The Labute approximate surface area is 134 Å². The zero-order valence-electron chi connectivity index (χ0n) is 12.5. The van der Waals surface area contributed by atoms with Gasteiger partial charge in [-0.1, -0.05) is 23.7 Å². The van der Waals surface area contributed by atoms with Crippen LogP contribution >= 0.6 is 11.6 Å². The number of rotatable bonds is 5. The van der Waals surface area contributed by atoms with E-state index in [0.717, 1.165) is 11.1 Å². The van der Waals surface area contributed by atoms with E-state index >= 15 is 0 Å². The van der Waals surface area contributed by atoms with E-state index in [1.54, 1.807) is 37.4 Å². The first kappa shape index (κ1) is 16.3. The third-order valence-electron chi connectivity index (χ3n) is 3.25. The van der Waals surface area contributed by atoms with Gasteiger partial charge >= 0.3 is 0 Å². The lowest BCUT2D eigenvalue weighted by Crippen LogP contribution is -2.30. The third-order valence-corrected chi connectivity index (χ3v) is 3.67. The molecule has 0 radical (unpaired) electrons. The number of hydrogen-bond donors (Lipinski definition) is 0. The first-order valence-corrected chi connectivity index (χ1v) is 7.21. The molecule has 0 fully saturated rings. The highest BCUT2D eigenvalue weighted by Crippen LogP contribution is 2.21. The number of likely N-dealkylation sites (N-methyl/N-ethyl adjacent to an activating group) is 1. The smallest absolute Gasteiger partial charge is 0.260 e. The molecule has 0 atom stereocenters. The van der Waals surface area contributed by atoms with Gasteiger partial charge in [-0.2, -0.15) is 0 Å². The van der Waals surface area contributed by atoms with E-state index in [1.807, 2.05) is 6.92 Å². The Kier molecular flexibility index (Phi) is 5.39. The molecule has 0 aromatic heterocycles. The Morgan fingerprint density at radius 2 is 1.91 bits per heavy atom. The predicted octanol–water partition coefficient (Wildman–Crippen LogP) is 3.82. The van der Waals surface area contributed by atoms with Crippen molar-refractivity contribution in [2.24, 2.45) is 0 Å². The Balaban J connectivity index is 1.88. The van der Waals surface area contributed by atoms with E-state index in [1.165, 1.54) is 17.0 Å². The Bertz CT molecular complexity index is 658. The second-order valence-corrected chi connectivity index (χ2v) is 5.48. The lowest BCUT2D eigenvalue weighted by atomic mass is 10.2. The molecule has 1 amide bonds. The zero-order chi connectivity index (χ0) is 16.1. The predicted molar refractivity (Wildman–Crippen MR) is 84.6 cm³/mol. The number of hydrogen-bond acceptors (Lipinski definition) is 2. The van der Waals surface area contributed by atoms with Crippen molar-refractivity contribution in [1.82, 2.24) is 4.90 Å². The number of benzene rings is 2.